The molecule has 112 valence electrons. The zero-order chi connectivity index (χ0) is 15.4. The van der Waals surface area contributed by atoms with Gasteiger partial charge in [0, 0.05) is 16.1 Å². The second-order valence-electron chi connectivity index (χ2n) is 4.65. The summed E-state index contributed by atoms with van der Waals surface area (Å²) < 4.78 is 33.4. The van der Waals surface area contributed by atoms with Crippen LogP contribution >= 0.6 is 15.9 Å². The van der Waals surface area contributed by atoms with Gasteiger partial charge in [0.2, 0.25) is 0 Å². The van der Waals surface area contributed by atoms with Crippen LogP contribution in [-0.4, -0.2) is 14.2 Å². The molecule has 0 amide bonds. The molecule has 0 aliphatic heterocycles. The van der Waals surface area contributed by atoms with Crippen LogP contribution in [0.5, 0.6) is 5.75 Å². The summed E-state index contributed by atoms with van der Waals surface area (Å²) in [6, 6.07) is 9.49. The molecule has 1 atom stereocenters. The van der Waals surface area contributed by atoms with Crippen molar-refractivity contribution < 1.29 is 13.5 Å². The van der Waals surface area contributed by atoms with E-state index in [0.717, 1.165) is 21.9 Å². The maximum atomic E-state index is 13.9. The molecule has 0 saturated heterocycles. The minimum Gasteiger partial charge on any atom is -0.497 e. The minimum absolute atomic E-state index is 0.312. The number of ether oxygens (including phenoxy) is 1. The average molecular weight is 356 g/mol. The van der Waals surface area contributed by atoms with Crippen LogP contribution in [0.1, 0.15) is 17.2 Å². The van der Waals surface area contributed by atoms with E-state index in [1.807, 2.05) is 18.2 Å². The molecule has 0 aliphatic rings. The lowest BCUT2D eigenvalue weighted by atomic mass is 9.98. The lowest BCUT2D eigenvalue weighted by Gasteiger charge is -2.19. The first-order chi connectivity index (χ1) is 10.1. The van der Waals surface area contributed by atoms with E-state index in [2.05, 4.69) is 21.2 Å². The van der Waals surface area contributed by atoms with Crippen molar-refractivity contribution in [1.82, 2.24) is 5.32 Å². The SMILES string of the molecule is CNC(Cc1cc(OC)ccc1Br)c1cccc(F)c1F. The van der Waals surface area contributed by atoms with E-state index in [1.54, 1.807) is 20.2 Å². The van der Waals surface area contributed by atoms with Crippen LogP contribution in [0, 0.1) is 11.6 Å². The fourth-order valence-corrected chi connectivity index (χ4v) is 2.62. The monoisotopic (exact) mass is 355 g/mol. The fraction of sp³-hybridized carbons (Fsp3) is 0.250. The van der Waals surface area contributed by atoms with Crippen molar-refractivity contribution in [3.63, 3.8) is 0 Å². The van der Waals surface area contributed by atoms with E-state index in [1.165, 1.54) is 6.07 Å². The first-order valence-electron chi connectivity index (χ1n) is 6.50. The number of nitrogens with one attached hydrogen (secondary N) is 1. The fourth-order valence-electron chi connectivity index (χ4n) is 2.21. The molecular weight excluding hydrogens is 340 g/mol. The predicted molar refractivity (Wildman–Crippen MR) is 82.6 cm³/mol. The molecule has 0 aromatic heterocycles. The van der Waals surface area contributed by atoms with E-state index in [4.69, 9.17) is 4.74 Å². The summed E-state index contributed by atoms with van der Waals surface area (Å²) >= 11 is 3.47. The lowest BCUT2D eigenvalue weighted by molar-refractivity contribution is 0.413. The van der Waals surface area contributed by atoms with Crippen molar-refractivity contribution in [3.05, 3.63) is 63.6 Å². The van der Waals surface area contributed by atoms with Gasteiger partial charge in [0.1, 0.15) is 5.75 Å². The van der Waals surface area contributed by atoms with E-state index >= 15 is 0 Å². The largest absolute Gasteiger partial charge is 0.497 e. The van der Waals surface area contributed by atoms with Crippen molar-refractivity contribution in [2.75, 3.05) is 14.2 Å². The normalized spacial score (nSPS) is 12.2. The topological polar surface area (TPSA) is 21.3 Å². The van der Waals surface area contributed by atoms with Crippen molar-refractivity contribution in [2.45, 2.75) is 12.5 Å². The van der Waals surface area contributed by atoms with Gasteiger partial charge in [0.25, 0.3) is 0 Å². The van der Waals surface area contributed by atoms with Crippen LogP contribution < -0.4 is 10.1 Å². The molecular formula is C16H16BrF2NO. The Labute approximate surface area is 131 Å². The number of hydrogen-bond donors (Lipinski definition) is 1. The van der Waals surface area contributed by atoms with Gasteiger partial charge < -0.3 is 10.1 Å². The predicted octanol–water partition coefficient (Wildman–Crippen LogP) is 4.24. The molecule has 2 rings (SSSR count). The summed E-state index contributed by atoms with van der Waals surface area (Å²) in [4.78, 5) is 0. The van der Waals surface area contributed by atoms with Gasteiger partial charge in [0.05, 0.1) is 7.11 Å². The molecule has 0 fully saturated rings. The molecule has 0 radical (unpaired) electrons. The smallest absolute Gasteiger partial charge is 0.163 e. The van der Waals surface area contributed by atoms with E-state index in [9.17, 15) is 8.78 Å². The van der Waals surface area contributed by atoms with E-state index in [0.29, 0.717) is 12.0 Å². The molecule has 0 spiro atoms. The highest BCUT2D eigenvalue weighted by atomic mass is 79.9. The van der Waals surface area contributed by atoms with E-state index < -0.39 is 11.6 Å². The molecule has 21 heavy (non-hydrogen) atoms. The summed E-state index contributed by atoms with van der Waals surface area (Å²) in [7, 11) is 3.32. The molecule has 2 aromatic rings. The van der Waals surface area contributed by atoms with Crippen LogP contribution in [-0.2, 0) is 6.42 Å². The molecule has 2 aromatic carbocycles. The van der Waals surface area contributed by atoms with Crippen molar-refractivity contribution >= 4 is 15.9 Å². The van der Waals surface area contributed by atoms with Gasteiger partial charge in [-0.05, 0) is 43.3 Å². The summed E-state index contributed by atoms with van der Waals surface area (Å²) in [5.74, 6) is -0.920. The number of halogens is 3. The lowest BCUT2D eigenvalue weighted by Crippen LogP contribution is -2.20. The second kappa shape index (κ2) is 7.00. The van der Waals surface area contributed by atoms with Crippen molar-refractivity contribution in [1.29, 1.82) is 0 Å². The number of benzene rings is 2. The summed E-state index contributed by atoms with van der Waals surface area (Å²) in [5.41, 5.74) is 1.27. The number of likely N-dealkylation sites (N-methyl/N-ethyl adjacent to an activating group) is 1. The van der Waals surface area contributed by atoms with Gasteiger partial charge >= 0.3 is 0 Å². The number of methoxy groups -OCH3 is 1. The quantitative estimate of drug-likeness (QED) is 0.865. The Morgan fingerprint density at radius 3 is 2.67 bits per heavy atom. The molecule has 2 nitrogen and oxygen atoms in total. The Balaban J connectivity index is 2.33. The number of rotatable bonds is 5. The van der Waals surface area contributed by atoms with Gasteiger partial charge in [-0.1, -0.05) is 28.1 Å². The highest BCUT2D eigenvalue weighted by molar-refractivity contribution is 9.10. The van der Waals surface area contributed by atoms with E-state index in [-0.39, 0.29) is 6.04 Å². The zero-order valence-corrected chi connectivity index (χ0v) is 13.4. The average Bonchev–Trinajstić information content (AvgIpc) is 2.49. The zero-order valence-electron chi connectivity index (χ0n) is 11.8. The van der Waals surface area contributed by atoms with Gasteiger partial charge in [0.15, 0.2) is 11.6 Å². The van der Waals surface area contributed by atoms with Crippen LogP contribution in [0.25, 0.3) is 0 Å². The third kappa shape index (κ3) is 3.60. The maximum Gasteiger partial charge on any atom is 0.163 e. The standard InChI is InChI=1S/C16H16BrF2NO/c1-20-15(12-4-3-5-14(18)16(12)19)9-10-8-11(21-2)6-7-13(10)17/h3-8,15,20H,9H2,1-2H3. The maximum absolute atomic E-state index is 13.9. The van der Waals surface area contributed by atoms with Crippen LogP contribution in [0.2, 0.25) is 0 Å². The molecule has 0 bridgehead atoms. The first kappa shape index (κ1) is 15.9. The molecule has 0 aliphatic carbocycles. The highest BCUT2D eigenvalue weighted by Gasteiger charge is 2.18. The molecule has 0 saturated carbocycles. The molecule has 1 unspecified atom stereocenters. The molecule has 0 heterocycles. The van der Waals surface area contributed by atoms with Crippen LogP contribution in [0.15, 0.2) is 40.9 Å². The molecule has 5 heteroatoms. The van der Waals surface area contributed by atoms with Gasteiger partial charge in [-0.25, -0.2) is 8.78 Å². The van der Waals surface area contributed by atoms with Gasteiger partial charge in [-0.2, -0.15) is 0 Å². The Bertz CT molecular complexity index is 634. The highest BCUT2D eigenvalue weighted by Crippen LogP contribution is 2.28. The summed E-state index contributed by atoms with van der Waals surface area (Å²) in [5, 5.41) is 3.03. The van der Waals surface area contributed by atoms with Gasteiger partial charge in [-0.3, -0.25) is 0 Å². The first-order valence-corrected chi connectivity index (χ1v) is 7.29. The Morgan fingerprint density at radius 1 is 1.24 bits per heavy atom. The molecule has 1 N–H and O–H groups in total. The third-order valence-electron chi connectivity index (χ3n) is 3.38. The number of hydrogen-bond acceptors (Lipinski definition) is 2. The van der Waals surface area contributed by atoms with Crippen molar-refractivity contribution in [2.24, 2.45) is 0 Å². The van der Waals surface area contributed by atoms with Gasteiger partial charge in [-0.15, -0.1) is 0 Å². The Hall–Kier alpha value is -1.46. The minimum atomic E-state index is -0.836. The summed E-state index contributed by atoms with van der Waals surface area (Å²) in [6.45, 7) is 0. The van der Waals surface area contributed by atoms with Crippen LogP contribution in [0.3, 0.4) is 0 Å². The summed E-state index contributed by atoms with van der Waals surface area (Å²) in [6.07, 6.45) is 0.509. The van der Waals surface area contributed by atoms with Crippen molar-refractivity contribution in [3.8, 4) is 5.75 Å². The Kier molecular flexibility index (Phi) is 5.31. The van der Waals surface area contributed by atoms with Crippen LogP contribution in [0.4, 0.5) is 8.78 Å². The Morgan fingerprint density at radius 2 is 2.00 bits per heavy atom. The second-order valence-corrected chi connectivity index (χ2v) is 5.50. The third-order valence-corrected chi connectivity index (χ3v) is 4.16.